The van der Waals surface area contributed by atoms with E-state index in [0.29, 0.717) is 4.90 Å². The van der Waals surface area contributed by atoms with E-state index in [9.17, 15) is 13.2 Å². The molecule has 0 aliphatic carbocycles. The van der Waals surface area contributed by atoms with Crippen LogP contribution in [-0.4, -0.2) is 36.3 Å². The van der Waals surface area contributed by atoms with E-state index in [4.69, 9.17) is 0 Å². The first kappa shape index (κ1) is 20.6. The van der Waals surface area contributed by atoms with Crippen LogP contribution in [0.3, 0.4) is 0 Å². The van der Waals surface area contributed by atoms with Gasteiger partial charge in [-0.15, -0.1) is 23.5 Å². The summed E-state index contributed by atoms with van der Waals surface area (Å²) in [5, 5.41) is 0. The lowest BCUT2D eigenvalue weighted by atomic mass is 10.1. The summed E-state index contributed by atoms with van der Waals surface area (Å²) in [7, 11) is -3.52. The molecule has 0 amide bonds. The summed E-state index contributed by atoms with van der Waals surface area (Å²) in [5.74, 6) is 2.14. The maximum Gasteiger partial charge on any atom is 0.240 e. The number of allylic oxidation sites excluding steroid dienone is 2. The number of aldehydes is 1. The molecule has 0 spiro atoms. The standard InChI is InChI=1S/C18H25NO3S3/c1-15-6-8-17(9-7-15)25(21,22)19-16(2)14-18(10-3-4-11-20)23-12-5-13-24-18/h3-4,6-9,11,16,19H,5,10,12-14H2,1-2H3/b4-3+/t16-/m1/s1. The third kappa shape index (κ3) is 6.16. The summed E-state index contributed by atoms with van der Waals surface area (Å²) in [6, 6.07) is 6.69. The van der Waals surface area contributed by atoms with E-state index in [0.717, 1.165) is 42.6 Å². The summed E-state index contributed by atoms with van der Waals surface area (Å²) < 4.78 is 27.9. The van der Waals surface area contributed by atoms with Gasteiger partial charge in [0.2, 0.25) is 10.0 Å². The molecule has 1 aliphatic heterocycles. The van der Waals surface area contributed by atoms with Gasteiger partial charge in [0, 0.05) is 6.04 Å². The van der Waals surface area contributed by atoms with Crippen molar-refractivity contribution in [1.82, 2.24) is 4.72 Å². The van der Waals surface area contributed by atoms with E-state index >= 15 is 0 Å². The zero-order chi connectivity index (χ0) is 18.3. The van der Waals surface area contributed by atoms with Crippen molar-refractivity contribution in [1.29, 1.82) is 0 Å². The van der Waals surface area contributed by atoms with Gasteiger partial charge in [-0.25, -0.2) is 13.1 Å². The van der Waals surface area contributed by atoms with Crippen LogP contribution in [0, 0.1) is 6.92 Å². The Kier molecular flexibility index (Phi) is 7.61. The molecule has 1 aromatic rings. The Morgan fingerprint density at radius 3 is 2.48 bits per heavy atom. The number of aryl methyl sites for hydroxylation is 1. The van der Waals surface area contributed by atoms with Gasteiger partial charge in [0.1, 0.15) is 6.29 Å². The van der Waals surface area contributed by atoms with E-state index in [1.54, 1.807) is 24.3 Å². The molecule has 1 N–H and O–H groups in total. The van der Waals surface area contributed by atoms with E-state index in [1.807, 2.05) is 43.4 Å². The molecule has 0 bridgehead atoms. The number of nitrogens with one attached hydrogen (secondary N) is 1. The van der Waals surface area contributed by atoms with Crippen molar-refractivity contribution in [3.8, 4) is 0 Å². The smallest absolute Gasteiger partial charge is 0.240 e. The third-order valence-electron chi connectivity index (χ3n) is 3.97. The molecule has 1 atom stereocenters. The second-order valence-electron chi connectivity index (χ2n) is 6.27. The number of sulfonamides is 1. The molecule has 1 aliphatic rings. The van der Waals surface area contributed by atoms with Gasteiger partial charge in [0.25, 0.3) is 0 Å². The third-order valence-corrected chi connectivity index (χ3v) is 8.98. The summed E-state index contributed by atoms with van der Waals surface area (Å²) >= 11 is 3.75. The van der Waals surface area contributed by atoms with Crippen LogP contribution >= 0.6 is 23.5 Å². The van der Waals surface area contributed by atoms with Gasteiger partial charge in [-0.05, 0) is 62.8 Å². The maximum absolute atomic E-state index is 12.6. The lowest BCUT2D eigenvalue weighted by molar-refractivity contribution is -0.104. The van der Waals surface area contributed by atoms with Crippen LogP contribution in [0.4, 0.5) is 0 Å². The van der Waals surface area contributed by atoms with Gasteiger partial charge < -0.3 is 0 Å². The SMILES string of the molecule is Cc1ccc(S(=O)(=O)N[C@H](C)CC2(C/C=C/C=O)SCCCS2)cc1. The molecule has 1 saturated heterocycles. The molecule has 4 nitrogen and oxygen atoms in total. The highest BCUT2D eigenvalue weighted by molar-refractivity contribution is 8.18. The van der Waals surface area contributed by atoms with Gasteiger partial charge in [0.15, 0.2) is 0 Å². The highest BCUT2D eigenvalue weighted by Crippen LogP contribution is 2.48. The van der Waals surface area contributed by atoms with Crippen molar-refractivity contribution in [3.63, 3.8) is 0 Å². The first-order chi connectivity index (χ1) is 11.9. The molecule has 25 heavy (non-hydrogen) atoms. The first-order valence-electron chi connectivity index (χ1n) is 8.34. The van der Waals surface area contributed by atoms with Crippen LogP contribution in [0.1, 0.15) is 31.7 Å². The summed E-state index contributed by atoms with van der Waals surface area (Å²) in [6.07, 6.45) is 6.85. The predicted octanol–water partition coefficient (Wildman–Crippen LogP) is 3.76. The van der Waals surface area contributed by atoms with Crippen molar-refractivity contribution in [2.75, 3.05) is 11.5 Å². The number of rotatable bonds is 8. The van der Waals surface area contributed by atoms with Crippen LogP contribution < -0.4 is 4.72 Å². The fraction of sp³-hybridized carbons (Fsp3) is 0.500. The number of carbonyl (C=O) groups excluding carboxylic acids is 1. The highest BCUT2D eigenvalue weighted by atomic mass is 32.2. The number of hydrogen-bond acceptors (Lipinski definition) is 5. The average molecular weight is 400 g/mol. The highest BCUT2D eigenvalue weighted by Gasteiger charge is 2.35. The monoisotopic (exact) mass is 399 g/mol. The minimum Gasteiger partial charge on any atom is -0.299 e. The molecule has 1 aromatic carbocycles. The predicted molar refractivity (Wildman–Crippen MR) is 108 cm³/mol. The van der Waals surface area contributed by atoms with Crippen molar-refractivity contribution >= 4 is 39.8 Å². The minimum absolute atomic E-state index is 0.0764. The van der Waals surface area contributed by atoms with E-state index in [-0.39, 0.29) is 10.1 Å². The minimum atomic E-state index is -3.52. The van der Waals surface area contributed by atoms with Crippen molar-refractivity contribution in [2.24, 2.45) is 0 Å². The van der Waals surface area contributed by atoms with Crippen molar-refractivity contribution in [3.05, 3.63) is 42.0 Å². The summed E-state index contributed by atoms with van der Waals surface area (Å²) in [4.78, 5) is 10.8. The maximum atomic E-state index is 12.6. The van der Waals surface area contributed by atoms with Crippen molar-refractivity contribution < 1.29 is 13.2 Å². The Labute approximate surface area is 159 Å². The topological polar surface area (TPSA) is 63.2 Å². The molecular weight excluding hydrogens is 374 g/mol. The Bertz CT molecular complexity index is 693. The second kappa shape index (κ2) is 9.26. The molecule has 1 fully saturated rings. The molecule has 138 valence electrons. The molecule has 0 unspecified atom stereocenters. The molecule has 2 rings (SSSR count). The van der Waals surface area contributed by atoms with Crippen LogP contribution in [0.25, 0.3) is 0 Å². The number of benzene rings is 1. The van der Waals surface area contributed by atoms with Crippen LogP contribution in [0.5, 0.6) is 0 Å². The lowest BCUT2D eigenvalue weighted by Crippen LogP contribution is -2.39. The van der Waals surface area contributed by atoms with E-state index in [1.165, 1.54) is 6.08 Å². The Hall–Kier alpha value is -0.760. The van der Waals surface area contributed by atoms with Gasteiger partial charge in [-0.3, -0.25) is 4.79 Å². The fourth-order valence-electron chi connectivity index (χ4n) is 2.80. The largest absolute Gasteiger partial charge is 0.299 e. The van der Waals surface area contributed by atoms with E-state index in [2.05, 4.69) is 4.72 Å². The zero-order valence-corrected chi connectivity index (χ0v) is 17.1. The van der Waals surface area contributed by atoms with Crippen LogP contribution in [0.15, 0.2) is 41.3 Å². The Balaban J connectivity index is 2.07. The average Bonchev–Trinajstić information content (AvgIpc) is 2.55. The van der Waals surface area contributed by atoms with E-state index < -0.39 is 10.0 Å². The molecule has 1 heterocycles. The fourth-order valence-corrected chi connectivity index (χ4v) is 7.54. The molecule has 0 saturated carbocycles. The zero-order valence-electron chi connectivity index (χ0n) is 14.6. The van der Waals surface area contributed by atoms with Gasteiger partial charge in [-0.1, -0.05) is 23.8 Å². The Morgan fingerprint density at radius 2 is 1.88 bits per heavy atom. The lowest BCUT2D eigenvalue weighted by Gasteiger charge is -2.37. The van der Waals surface area contributed by atoms with Crippen LogP contribution in [-0.2, 0) is 14.8 Å². The second-order valence-corrected chi connectivity index (χ2v) is 11.2. The number of carbonyl (C=O) groups is 1. The normalized spacial score (nSPS) is 19.0. The van der Waals surface area contributed by atoms with Gasteiger partial charge in [-0.2, -0.15) is 0 Å². The molecule has 0 radical (unpaired) electrons. The number of thioether (sulfide) groups is 2. The van der Waals surface area contributed by atoms with Crippen LogP contribution in [0.2, 0.25) is 0 Å². The Morgan fingerprint density at radius 1 is 1.24 bits per heavy atom. The molecule has 7 heteroatoms. The van der Waals surface area contributed by atoms with Gasteiger partial charge >= 0.3 is 0 Å². The van der Waals surface area contributed by atoms with Gasteiger partial charge in [0.05, 0.1) is 8.97 Å². The number of hydrogen-bond donors (Lipinski definition) is 1. The summed E-state index contributed by atoms with van der Waals surface area (Å²) in [5.41, 5.74) is 1.03. The molecule has 0 aromatic heterocycles. The summed E-state index contributed by atoms with van der Waals surface area (Å²) in [6.45, 7) is 3.84. The molecular formula is C18H25NO3S3. The quantitative estimate of drug-likeness (QED) is 0.533. The van der Waals surface area contributed by atoms with Crippen molar-refractivity contribution in [2.45, 2.75) is 48.1 Å². The first-order valence-corrected chi connectivity index (χ1v) is 11.8.